The first-order valence-electron chi connectivity index (χ1n) is 7.65. The Morgan fingerprint density at radius 2 is 1.77 bits per heavy atom. The number of carbonyl (C=O) groups excluding carboxylic acids is 2. The molecule has 130 valence electrons. The van der Waals surface area contributed by atoms with Crippen molar-refractivity contribution in [2.24, 2.45) is 11.1 Å². The van der Waals surface area contributed by atoms with Gasteiger partial charge in [-0.25, -0.2) is 0 Å². The second kappa shape index (κ2) is 10.3. The van der Waals surface area contributed by atoms with Crippen LogP contribution in [0, 0.1) is 5.41 Å². The number of rotatable bonds is 7. The fourth-order valence-corrected chi connectivity index (χ4v) is 3.22. The second-order valence-corrected chi connectivity index (χ2v) is 7.54. The molecule has 0 aromatic carbocycles. The molecular weight excluding hydrogens is 322 g/mol. The van der Waals surface area contributed by atoms with Crippen LogP contribution in [0.4, 0.5) is 0 Å². The van der Waals surface area contributed by atoms with Gasteiger partial charge in [-0.05, 0) is 31.2 Å². The maximum absolute atomic E-state index is 12.0. The Bertz CT molecular complexity index is 361. The molecule has 2 amide bonds. The normalized spacial score (nSPS) is 15.2. The molecule has 1 rings (SSSR count). The molecule has 0 bridgehead atoms. The zero-order valence-corrected chi connectivity index (χ0v) is 15.6. The van der Waals surface area contributed by atoms with Crippen molar-refractivity contribution >= 4 is 36.0 Å². The number of halogens is 1. The fourth-order valence-electron chi connectivity index (χ4n) is 2.37. The fraction of sp³-hybridized carbons (Fsp3) is 0.867. The lowest BCUT2D eigenvalue weighted by Gasteiger charge is -2.29. The largest absolute Gasteiger partial charge is 0.344 e. The van der Waals surface area contributed by atoms with E-state index in [2.05, 4.69) is 0 Å². The molecule has 1 fully saturated rings. The summed E-state index contributed by atoms with van der Waals surface area (Å²) >= 11 is 1.41. The Balaban J connectivity index is 0.00000441. The SMILES string of the molecule is CN(CC(C)(C)CN)C(=O)CSCC(=O)N1CCCCC1.Cl. The van der Waals surface area contributed by atoms with E-state index in [9.17, 15) is 9.59 Å². The van der Waals surface area contributed by atoms with E-state index >= 15 is 0 Å². The van der Waals surface area contributed by atoms with Gasteiger partial charge in [0.15, 0.2) is 0 Å². The molecule has 1 aliphatic rings. The van der Waals surface area contributed by atoms with Gasteiger partial charge in [0.1, 0.15) is 0 Å². The molecule has 7 heteroatoms. The molecule has 0 unspecified atom stereocenters. The van der Waals surface area contributed by atoms with Crippen LogP contribution in [0.2, 0.25) is 0 Å². The van der Waals surface area contributed by atoms with Crippen LogP contribution in [-0.2, 0) is 9.59 Å². The van der Waals surface area contributed by atoms with Gasteiger partial charge in [0.25, 0.3) is 0 Å². The lowest BCUT2D eigenvalue weighted by atomic mass is 9.93. The van der Waals surface area contributed by atoms with Crippen molar-refractivity contribution in [2.45, 2.75) is 33.1 Å². The lowest BCUT2D eigenvalue weighted by molar-refractivity contribution is -0.129. The van der Waals surface area contributed by atoms with Gasteiger partial charge in [-0.15, -0.1) is 24.2 Å². The molecule has 1 heterocycles. The number of amides is 2. The quantitative estimate of drug-likeness (QED) is 0.756. The van der Waals surface area contributed by atoms with Crippen molar-refractivity contribution in [2.75, 3.05) is 44.7 Å². The van der Waals surface area contributed by atoms with Crippen LogP contribution in [0.1, 0.15) is 33.1 Å². The molecule has 0 saturated carbocycles. The first-order chi connectivity index (χ1) is 9.85. The van der Waals surface area contributed by atoms with Gasteiger partial charge in [0.05, 0.1) is 11.5 Å². The van der Waals surface area contributed by atoms with Crippen LogP contribution >= 0.6 is 24.2 Å². The Morgan fingerprint density at radius 1 is 1.18 bits per heavy atom. The number of carbonyl (C=O) groups is 2. The van der Waals surface area contributed by atoms with Crippen LogP contribution in [0.3, 0.4) is 0 Å². The monoisotopic (exact) mass is 351 g/mol. The number of nitrogens with two attached hydrogens (primary N) is 1. The van der Waals surface area contributed by atoms with Gasteiger partial charge in [-0.3, -0.25) is 9.59 Å². The zero-order chi connectivity index (χ0) is 15.9. The van der Waals surface area contributed by atoms with Crippen LogP contribution in [0.25, 0.3) is 0 Å². The number of nitrogens with zero attached hydrogens (tertiary/aromatic N) is 2. The highest BCUT2D eigenvalue weighted by Crippen LogP contribution is 2.15. The molecule has 0 atom stereocenters. The maximum atomic E-state index is 12.0. The van der Waals surface area contributed by atoms with Crippen molar-refractivity contribution in [1.29, 1.82) is 0 Å². The van der Waals surface area contributed by atoms with Crippen molar-refractivity contribution in [3.63, 3.8) is 0 Å². The number of likely N-dealkylation sites (tertiary alicyclic amines) is 1. The minimum absolute atomic E-state index is 0. The summed E-state index contributed by atoms with van der Waals surface area (Å²) in [6.07, 6.45) is 3.43. The Morgan fingerprint density at radius 3 is 2.32 bits per heavy atom. The predicted octanol–water partition coefficient (Wildman–Crippen LogP) is 1.60. The van der Waals surface area contributed by atoms with Crippen LogP contribution in [0.5, 0.6) is 0 Å². The highest BCUT2D eigenvalue weighted by molar-refractivity contribution is 8.00. The minimum atomic E-state index is -0.0707. The highest BCUT2D eigenvalue weighted by atomic mass is 35.5. The molecule has 0 aromatic rings. The first-order valence-corrected chi connectivity index (χ1v) is 8.81. The maximum Gasteiger partial charge on any atom is 0.232 e. The van der Waals surface area contributed by atoms with E-state index in [0.717, 1.165) is 25.9 Å². The highest BCUT2D eigenvalue weighted by Gasteiger charge is 2.22. The average Bonchev–Trinajstić information content (AvgIpc) is 2.47. The number of hydrogen-bond acceptors (Lipinski definition) is 4. The summed E-state index contributed by atoms with van der Waals surface area (Å²) in [5, 5.41) is 0. The van der Waals surface area contributed by atoms with Crippen molar-refractivity contribution in [3.05, 3.63) is 0 Å². The molecule has 0 aromatic heterocycles. The summed E-state index contributed by atoms with van der Waals surface area (Å²) in [7, 11) is 1.80. The summed E-state index contributed by atoms with van der Waals surface area (Å²) in [4.78, 5) is 27.7. The standard InChI is InChI=1S/C15H29N3O2S.ClH/c1-15(2,11-16)12-17(3)13(19)9-21-10-14(20)18-7-5-4-6-8-18;/h4-12,16H2,1-3H3;1H. The third-order valence-corrected chi connectivity index (χ3v) is 4.71. The van der Waals surface area contributed by atoms with E-state index in [1.54, 1.807) is 11.9 Å². The molecule has 0 aliphatic carbocycles. The zero-order valence-electron chi connectivity index (χ0n) is 14.0. The summed E-state index contributed by atoms with van der Waals surface area (Å²) in [5.41, 5.74) is 5.61. The molecule has 5 nitrogen and oxygen atoms in total. The molecule has 2 N–H and O–H groups in total. The molecular formula is C15H30ClN3O2S. The van der Waals surface area contributed by atoms with Crippen LogP contribution in [0.15, 0.2) is 0 Å². The Kier molecular flexibility index (Phi) is 10.1. The third-order valence-electron chi connectivity index (χ3n) is 3.80. The lowest BCUT2D eigenvalue weighted by Crippen LogP contribution is -2.41. The first kappa shape index (κ1) is 21.5. The van der Waals surface area contributed by atoms with E-state index in [1.165, 1.54) is 18.2 Å². The molecule has 1 aliphatic heterocycles. The second-order valence-electron chi connectivity index (χ2n) is 6.55. The summed E-state index contributed by atoms with van der Waals surface area (Å²) in [5.74, 6) is 0.988. The van der Waals surface area contributed by atoms with Crippen molar-refractivity contribution in [3.8, 4) is 0 Å². The molecule has 1 saturated heterocycles. The van der Waals surface area contributed by atoms with Crippen LogP contribution < -0.4 is 5.73 Å². The van der Waals surface area contributed by atoms with Gasteiger partial charge in [0.2, 0.25) is 11.8 Å². The number of piperidine rings is 1. The third kappa shape index (κ3) is 7.70. The minimum Gasteiger partial charge on any atom is -0.344 e. The average molecular weight is 352 g/mol. The van der Waals surface area contributed by atoms with Gasteiger partial charge < -0.3 is 15.5 Å². The smallest absolute Gasteiger partial charge is 0.232 e. The van der Waals surface area contributed by atoms with Crippen molar-refractivity contribution < 1.29 is 9.59 Å². The van der Waals surface area contributed by atoms with E-state index < -0.39 is 0 Å². The van der Waals surface area contributed by atoms with Gasteiger partial charge >= 0.3 is 0 Å². The van der Waals surface area contributed by atoms with Gasteiger partial charge in [-0.2, -0.15) is 0 Å². The topological polar surface area (TPSA) is 66.6 Å². The van der Waals surface area contributed by atoms with Crippen molar-refractivity contribution in [1.82, 2.24) is 9.80 Å². The Hall–Kier alpha value is -0.460. The van der Waals surface area contributed by atoms with Crippen LogP contribution in [-0.4, -0.2) is 66.3 Å². The molecule has 0 radical (unpaired) electrons. The number of hydrogen-bond donors (Lipinski definition) is 1. The molecule has 0 spiro atoms. The van der Waals surface area contributed by atoms with Gasteiger partial charge in [0, 0.05) is 26.7 Å². The predicted molar refractivity (Wildman–Crippen MR) is 95.5 cm³/mol. The molecule has 22 heavy (non-hydrogen) atoms. The Labute approximate surface area is 144 Å². The van der Waals surface area contributed by atoms with E-state index in [1.807, 2.05) is 18.7 Å². The van der Waals surface area contributed by atoms with E-state index in [0.29, 0.717) is 24.6 Å². The van der Waals surface area contributed by atoms with E-state index in [4.69, 9.17) is 5.73 Å². The van der Waals surface area contributed by atoms with Gasteiger partial charge in [-0.1, -0.05) is 13.8 Å². The number of thioether (sulfide) groups is 1. The summed E-state index contributed by atoms with van der Waals surface area (Å²) < 4.78 is 0. The summed E-state index contributed by atoms with van der Waals surface area (Å²) in [6, 6.07) is 0. The van der Waals surface area contributed by atoms with E-state index in [-0.39, 0.29) is 29.6 Å². The summed E-state index contributed by atoms with van der Waals surface area (Å²) in [6.45, 7) is 7.03.